The van der Waals surface area contributed by atoms with Gasteiger partial charge < -0.3 is 19.8 Å². The molecule has 1 atom stereocenters. The highest BCUT2D eigenvalue weighted by Crippen LogP contribution is 2.32. The molecule has 4 aromatic rings. The molecule has 7 heteroatoms. The number of hydrogen-bond donors (Lipinski definition) is 2. The van der Waals surface area contributed by atoms with Gasteiger partial charge in [0.15, 0.2) is 0 Å². The molecule has 2 amide bonds. The first-order valence-corrected chi connectivity index (χ1v) is 10.5. The largest absolute Gasteiger partial charge is 0.360 e. The van der Waals surface area contributed by atoms with E-state index in [0.717, 1.165) is 11.3 Å². The predicted octanol–water partition coefficient (Wildman–Crippen LogP) is 2.69. The fourth-order valence-electron chi connectivity index (χ4n) is 4.33. The molecule has 5 rings (SSSR count). The third-order valence-electron chi connectivity index (χ3n) is 5.91. The second-order valence-corrected chi connectivity index (χ2v) is 7.79. The molecule has 0 radical (unpaired) electrons. The normalized spacial score (nSPS) is 15.4. The van der Waals surface area contributed by atoms with Gasteiger partial charge in [-0.05, 0) is 29.8 Å². The van der Waals surface area contributed by atoms with Crippen molar-refractivity contribution in [2.24, 2.45) is 0 Å². The standard InChI is InChI=1S/C25H22N4O3/c30-22(16-27-25(32)19-15-26-20-10-5-4-9-18(20)24(19)31)29-14-13-28-12-6-11-21(28)23(29)17-7-2-1-3-8-17/h1-12,15,23H,13-14,16H2,(H,26,31)(H,27,32)/t23-/m1/s1. The topological polar surface area (TPSA) is 87.2 Å². The molecule has 0 aliphatic carbocycles. The van der Waals surface area contributed by atoms with Gasteiger partial charge in [-0.25, -0.2) is 0 Å². The number of aromatic amines is 1. The Hall–Kier alpha value is -4.13. The van der Waals surface area contributed by atoms with Crippen LogP contribution in [0, 0.1) is 0 Å². The molecule has 0 spiro atoms. The zero-order valence-electron chi connectivity index (χ0n) is 17.3. The van der Waals surface area contributed by atoms with E-state index < -0.39 is 5.91 Å². The summed E-state index contributed by atoms with van der Waals surface area (Å²) in [5.74, 6) is -0.765. The van der Waals surface area contributed by atoms with Crippen LogP contribution in [0.15, 0.2) is 83.9 Å². The van der Waals surface area contributed by atoms with Crippen molar-refractivity contribution in [2.45, 2.75) is 12.6 Å². The summed E-state index contributed by atoms with van der Waals surface area (Å²) in [5.41, 5.74) is 2.34. The maximum atomic E-state index is 13.2. The molecule has 1 aliphatic heterocycles. The van der Waals surface area contributed by atoms with Gasteiger partial charge in [-0.1, -0.05) is 42.5 Å². The van der Waals surface area contributed by atoms with Crippen LogP contribution in [0.25, 0.3) is 10.9 Å². The maximum Gasteiger partial charge on any atom is 0.257 e. The number of aromatic nitrogens is 2. The number of nitrogens with one attached hydrogen (secondary N) is 2. The molecular formula is C25H22N4O3. The second-order valence-electron chi connectivity index (χ2n) is 7.79. The lowest BCUT2D eigenvalue weighted by Crippen LogP contribution is -2.47. The number of pyridine rings is 1. The van der Waals surface area contributed by atoms with Crippen molar-refractivity contribution in [3.8, 4) is 0 Å². The SMILES string of the molecule is O=C(NCC(=O)N1CCn2cccc2[C@H]1c1ccccc1)c1c[nH]c2ccccc2c1=O. The Morgan fingerprint density at radius 1 is 0.969 bits per heavy atom. The average Bonchev–Trinajstić information content (AvgIpc) is 3.31. The molecule has 2 N–H and O–H groups in total. The summed E-state index contributed by atoms with van der Waals surface area (Å²) in [6.45, 7) is 1.04. The molecule has 0 saturated heterocycles. The van der Waals surface area contributed by atoms with Gasteiger partial charge in [-0.3, -0.25) is 14.4 Å². The highest BCUT2D eigenvalue weighted by molar-refractivity contribution is 5.98. The molecular weight excluding hydrogens is 404 g/mol. The number of rotatable bonds is 4. The van der Waals surface area contributed by atoms with Gasteiger partial charge in [-0.15, -0.1) is 0 Å². The van der Waals surface area contributed by atoms with Crippen LogP contribution in [0.4, 0.5) is 0 Å². The minimum atomic E-state index is -0.568. The zero-order chi connectivity index (χ0) is 22.1. The first-order chi connectivity index (χ1) is 15.6. The van der Waals surface area contributed by atoms with Gasteiger partial charge in [0.1, 0.15) is 5.56 Å². The van der Waals surface area contributed by atoms with E-state index in [-0.39, 0.29) is 29.5 Å². The zero-order valence-corrected chi connectivity index (χ0v) is 17.3. The number of hydrogen-bond acceptors (Lipinski definition) is 3. The molecule has 2 aromatic carbocycles. The van der Waals surface area contributed by atoms with Crippen LogP contribution < -0.4 is 10.7 Å². The van der Waals surface area contributed by atoms with Gasteiger partial charge in [0.05, 0.1) is 12.6 Å². The Kier molecular flexibility index (Phi) is 5.07. The summed E-state index contributed by atoms with van der Waals surface area (Å²) >= 11 is 0. The lowest BCUT2D eigenvalue weighted by Gasteiger charge is -2.37. The minimum Gasteiger partial charge on any atom is -0.360 e. The maximum absolute atomic E-state index is 13.2. The lowest BCUT2D eigenvalue weighted by molar-refractivity contribution is -0.132. The van der Waals surface area contributed by atoms with Crippen molar-refractivity contribution in [1.29, 1.82) is 0 Å². The molecule has 3 heterocycles. The van der Waals surface area contributed by atoms with E-state index in [0.29, 0.717) is 24.0 Å². The summed E-state index contributed by atoms with van der Waals surface area (Å²) in [4.78, 5) is 43.3. The van der Waals surface area contributed by atoms with E-state index >= 15 is 0 Å². The highest BCUT2D eigenvalue weighted by Gasteiger charge is 2.32. The number of carbonyl (C=O) groups is 2. The molecule has 160 valence electrons. The molecule has 0 bridgehead atoms. The number of fused-ring (bicyclic) bond motifs is 2. The Morgan fingerprint density at radius 2 is 1.75 bits per heavy atom. The number of benzene rings is 2. The van der Waals surface area contributed by atoms with Crippen molar-refractivity contribution in [1.82, 2.24) is 19.8 Å². The number of nitrogens with zero attached hydrogens (tertiary/aromatic N) is 2. The number of carbonyl (C=O) groups excluding carboxylic acids is 2. The van der Waals surface area contributed by atoms with Gasteiger partial charge in [0.25, 0.3) is 5.91 Å². The van der Waals surface area contributed by atoms with Crippen LogP contribution >= 0.6 is 0 Å². The van der Waals surface area contributed by atoms with Crippen molar-refractivity contribution >= 4 is 22.7 Å². The fraction of sp³-hybridized carbons (Fsp3) is 0.160. The van der Waals surface area contributed by atoms with Crippen LogP contribution in [-0.2, 0) is 11.3 Å². The van der Waals surface area contributed by atoms with Gasteiger partial charge in [0, 0.05) is 42.1 Å². The molecule has 0 unspecified atom stereocenters. The number of amides is 2. The molecule has 0 saturated carbocycles. The van der Waals surface area contributed by atoms with Crippen LogP contribution in [0.5, 0.6) is 0 Å². The summed E-state index contributed by atoms with van der Waals surface area (Å²) in [7, 11) is 0. The summed E-state index contributed by atoms with van der Waals surface area (Å²) in [6, 6.07) is 20.6. The first-order valence-electron chi connectivity index (χ1n) is 10.5. The smallest absolute Gasteiger partial charge is 0.257 e. The Balaban J connectivity index is 1.36. The van der Waals surface area contributed by atoms with Gasteiger partial charge >= 0.3 is 0 Å². The third kappa shape index (κ3) is 3.47. The fourth-order valence-corrected chi connectivity index (χ4v) is 4.33. The number of H-pyrrole nitrogens is 1. The first kappa shape index (κ1) is 19.8. The Labute approximate surface area is 184 Å². The molecule has 7 nitrogen and oxygen atoms in total. The molecule has 0 fully saturated rings. The van der Waals surface area contributed by atoms with E-state index in [1.54, 1.807) is 23.1 Å². The van der Waals surface area contributed by atoms with Crippen LogP contribution in [0.1, 0.15) is 27.7 Å². The van der Waals surface area contributed by atoms with Crippen molar-refractivity contribution in [3.05, 3.63) is 106 Å². The predicted molar refractivity (Wildman–Crippen MR) is 121 cm³/mol. The van der Waals surface area contributed by atoms with Crippen molar-refractivity contribution in [2.75, 3.05) is 13.1 Å². The van der Waals surface area contributed by atoms with E-state index in [1.165, 1.54) is 6.20 Å². The van der Waals surface area contributed by atoms with Crippen LogP contribution in [-0.4, -0.2) is 39.4 Å². The quantitative estimate of drug-likeness (QED) is 0.526. The van der Waals surface area contributed by atoms with Gasteiger partial charge in [-0.2, -0.15) is 0 Å². The van der Waals surface area contributed by atoms with Crippen LogP contribution in [0.2, 0.25) is 0 Å². The van der Waals surface area contributed by atoms with Crippen molar-refractivity contribution in [3.63, 3.8) is 0 Å². The van der Waals surface area contributed by atoms with Gasteiger partial charge in [0.2, 0.25) is 11.3 Å². The summed E-state index contributed by atoms with van der Waals surface area (Å²) < 4.78 is 2.15. The third-order valence-corrected chi connectivity index (χ3v) is 5.91. The summed E-state index contributed by atoms with van der Waals surface area (Å²) in [5, 5.41) is 3.07. The second kappa shape index (κ2) is 8.19. The molecule has 1 aliphatic rings. The van der Waals surface area contributed by atoms with E-state index in [9.17, 15) is 14.4 Å². The monoisotopic (exact) mass is 426 g/mol. The van der Waals surface area contributed by atoms with Crippen molar-refractivity contribution < 1.29 is 9.59 Å². The summed E-state index contributed by atoms with van der Waals surface area (Å²) in [6.07, 6.45) is 3.41. The minimum absolute atomic E-state index is 0.0105. The number of para-hydroxylation sites is 1. The van der Waals surface area contributed by atoms with Crippen LogP contribution in [0.3, 0.4) is 0 Å². The van der Waals surface area contributed by atoms with E-state index in [2.05, 4.69) is 14.9 Å². The van der Waals surface area contributed by atoms with E-state index in [4.69, 9.17) is 0 Å². The Morgan fingerprint density at radius 3 is 2.59 bits per heavy atom. The molecule has 2 aromatic heterocycles. The lowest BCUT2D eigenvalue weighted by atomic mass is 10.00. The Bertz CT molecular complexity index is 1360. The average molecular weight is 426 g/mol. The molecule has 32 heavy (non-hydrogen) atoms. The highest BCUT2D eigenvalue weighted by atomic mass is 16.2. The van der Waals surface area contributed by atoms with E-state index in [1.807, 2.05) is 54.7 Å².